The number of carbonyl (C=O) groups excluding carboxylic acids is 3. The molecule has 0 saturated heterocycles. The van der Waals surface area contributed by atoms with Gasteiger partial charge in [0.2, 0.25) is 0 Å². The maximum Gasteiger partial charge on any atom is 0.308 e. The zero-order valence-corrected chi connectivity index (χ0v) is 18.9. The highest BCUT2D eigenvalue weighted by Gasteiger charge is 2.10. The van der Waals surface area contributed by atoms with Gasteiger partial charge in [0.1, 0.15) is 5.75 Å². The lowest BCUT2D eigenvalue weighted by atomic mass is 10.1. The minimum atomic E-state index is -0.642. The van der Waals surface area contributed by atoms with Crippen molar-refractivity contribution >= 4 is 52.1 Å². The molecule has 9 heteroatoms. The smallest absolute Gasteiger partial charge is 0.308 e. The largest absolute Gasteiger partial charge is 0.426 e. The van der Waals surface area contributed by atoms with Crippen LogP contribution in [0.3, 0.4) is 0 Å². The van der Waals surface area contributed by atoms with Gasteiger partial charge in [-0.1, -0.05) is 42.5 Å². The maximum atomic E-state index is 10.8. The van der Waals surface area contributed by atoms with Gasteiger partial charge in [-0.15, -0.1) is 12.4 Å². The Kier molecular flexibility index (Phi) is 15.1. The molecule has 0 aromatic heterocycles. The van der Waals surface area contributed by atoms with E-state index in [1.54, 1.807) is 36.4 Å². The Labute approximate surface area is 187 Å². The lowest BCUT2D eigenvalue weighted by Crippen LogP contribution is -2.41. The summed E-state index contributed by atoms with van der Waals surface area (Å²) in [5.41, 5.74) is 3.41. The van der Waals surface area contributed by atoms with Crippen molar-refractivity contribution in [3.63, 3.8) is 0 Å². The van der Waals surface area contributed by atoms with Gasteiger partial charge in [-0.05, 0) is 56.1 Å². The summed E-state index contributed by atoms with van der Waals surface area (Å²) in [6.07, 6.45) is 0. The molecule has 0 unspecified atom stereocenters. The zero-order valence-electron chi connectivity index (χ0n) is 16.6. The molecule has 160 valence electrons. The van der Waals surface area contributed by atoms with Crippen LogP contribution < -0.4 is 16.0 Å². The van der Waals surface area contributed by atoms with Gasteiger partial charge in [0, 0.05) is 18.0 Å². The second-order valence-corrected chi connectivity index (χ2v) is 7.08. The van der Waals surface area contributed by atoms with Crippen LogP contribution in [0.4, 0.5) is 0 Å². The average Bonchev–Trinajstić information content (AvgIpc) is 2.62. The van der Waals surface area contributed by atoms with Crippen molar-refractivity contribution < 1.29 is 19.1 Å². The van der Waals surface area contributed by atoms with Crippen LogP contribution in [0.2, 0.25) is 0 Å². The van der Waals surface area contributed by atoms with Gasteiger partial charge >= 0.3 is 5.97 Å². The molecule has 2 rings (SSSR count). The Bertz CT molecular complexity index is 779. The molecular formula is C20H25Cl3N2O4. The monoisotopic (exact) mass is 462 g/mol. The summed E-state index contributed by atoms with van der Waals surface area (Å²) in [7, 11) is 0. The quantitative estimate of drug-likeness (QED) is 0.224. The number of hydrazine groups is 1. The predicted molar refractivity (Wildman–Crippen MR) is 119 cm³/mol. The summed E-state index contributed by atoms with van der Waals surface area (Å²) in [5, 5.41) is -1.05. The SMILES string of the molecule is CC(=O)Oc1ccccc1C(=O)Cl.CC(C)(C)NN.Cl.O=C(Cl)c1ccccc1. The lowest BCUT2D eigenvalue weighted by Gasteiger charge is -2.14. The molecule has 0 spiro atoms. The third kappa shape index (κ3) is 14.7. The summed E-state index contributed by atoms with van der Waals surface area (Å²) in [4.78, 5) is 31.8. The van der Waals surface area contributed by atoms with Crippen molar-refractivity contribution in [2.45, 2.75) is 33.2 Å². The number of esters is 1. The summed E-state index contributed by atoms with van der Waals surface area (Å²) in [5.74, 6) is 4.76. The van der Waals surface area contributed by atoms with E-state index in [9.17, 15) is 14.4 Å². The number of ether oxygens (including phenoxy) is 1. The van der Waals surface area contributed by atoms with E-state index in [0.717, 1.165) is 0 Å². The molecule has 29 heavy (non-hydrogen) atoms. The van der Waals surface area contributed by atoms with E-state index >= 15 is 0 Å². The van der Waals surface area contributed by atoms with Crippen molar-refractivity contribution in [2.75, 3.05) is 0 Å². The van der Waals surface area contributed by atoms with Gasteiger partial charge < -0.3 is 4.74 Å². The number of nitrogens with one attached hydrogen (secondary N) is 1. The van der Waals surface area contributed by atoms with Crippen LogP contribution >= 0.6 is 35.6 Å². The van der Waals surface area contributed by atoms with Gasteiger partial charge in [0.25, 0.3) is 10.5 Å². The van der Waals surface area contributed by atoms with Gasteiger partial charge in [0.05, 0.1) is 5.56 Å². The Morgan fingerprint density at radius 1 is 0.897 bits per heavy atom. The van der Waals surface area contributed by atoms with E-state index in [1.165, 1.54) is 19.1 Å². The van der Waals surface area contributed by atoms with Gasteiger partial charge in [-0.25, -0.2) is 0 Å². The second kappa shape index (κ2) is 15.0. The highest BCUT2D eigenvalue weighted by Crippen LogP contribution is 2.19. The van der Waals surface area contributed by atoms with E-state index in [0.29, 0.717) is 5.56 Å². The molecule has 0 bridgehead atoms. The second-order valence-electron chi connectivity index (χ2n) is 6.40. The highest BCUT2D eigenvalue weighted by molar-refractivity contribution is 6.68. The third-order valence-electron chi connectivity index (χ3n) is 2.79. The molecule has 0 aliphatic heterocycles. The Balaban J connectivity index is 0. The average molecular weight is 464 g/mol. The minimum Gasteiger partial charge on any atom is -0.426 e. The molecule has 0 aliphatic rings. The van der Waals surface area contributed by atoms with Crippen molar-refractivity contribution in [2.24, 2.45) is 5.84 Å². The molecular weight excluding hydrogens is 439 g/mol. The Morgan fingerprint density at radius 3 is 1.69 bits per heavy atom. The van der Waals surface area contributed by atoms with Crippen molar-refractivity contribution in [1.82, 2.24) is 5.43 Å². The molecule has 0 amide bonds. The van der Waals surface area contributed by atoms with E-state index in [4.69, 9.17) is 33.8 Å². The molecule has 3 N–H and O–H groups in total. The number of para-hydroxylation sites is 1. The van der Waals surface area contributed by atoms with E-state index in [-0.39, 0.29) is 29.3 Å². The fraction of sp³-hybridized carbons (Fsp3) is 0.250. The van der Waals surface area contributed by atoms with Crippen LogP contribution in [0.15, 0.2) is 54.6 Å². The number of nitrogens with two attached hydrogens (primary N) is 1. The first kappa shape index (κ1) is 29.2. The Hall–Kier alpha value is -1.96. The summed E-state index contributed by atoms with van der Waals surface area (Å²) in [6.45, 7) is 7.28. The van der Waals surface area contributed by atoms with Gasteiger partial charge in [-0.2, -0.15) is 0 Å². The van der Waals surface area contributed by atoms with Crippen molar-refractivity contribution in [3.8, 4) is 5.75 Å². The van der Waals surface area contributed by atoms with E-state index in [2.05, 4.69) is 5.43 Å². The molecule has 6 nitrogen and oxygen atoms in total. The molecule has 0 radical (unpaired) electrons. The number of hydrogen-bond donors (Lipinski definition) is 2. The van der Waals surface area contributed by atoms with Crippen molar-refractivity contribution in [1.29, 1.82) is 0 Å². The third-order valence-corrected chi connectivity index (χ3v) is 3.21. The molecule has 0 atom stereocenters. The zero-order chi connectivity index (χ0) is 21.7. The standard InChI is InChI=1S/C9H7ClO3.C7H5ClO.C4H12N2.ClH/c1-6(11)13-8-5-3-2-4-7(8)9(10)12;8-7(9)6-4-2-1-3-5-6;1-4(2,3)6-5;/h2-5H,1H3;1-5H;6H,5H2,1-3H3;1H. The number of halogens is 3. The molecule has 0 fully saturated rings. The number of carbonyl (C=O) groups is 3. The topological polar surface area (TPSA) is 98.5 Å². The number of hydrogen-bond acceptors (Lipinski definition) is 6. The van der Waals surface area contributed by atoms with E-state index in [1.807, 2.05) is 26.8 Å². The van der Waals surface area contributed by atoms with Crippen LogP contribution in [-0.4, -0.2) is 22.0 Å². The summed E-state index contributed by atoms with van der Waals surface area (Å²) >= 11 is 10.4. The first-order valence-corrected chi connectivity index (χ1v) is 8.93. The van der Waals surface area contributed by atoms with Crippen LogP contribution in [0, 0.1) is 0 Å². The lowest BCUT2D eigenvalue weighted by molar-refractivity contribution is -0.131. The fourth-order valence-corrected chi connectivity index (χ4v) is 1.72. The predicted octanol–water partition coefficient (Wildman–Crippen LogP) is 4.73. The first-order chi connectivity index (χ1) is 13.0. The Morgan fingerprint density at radius 2 is 1.34 bits per heavy atom. The summed E-state index contributed by atoms with van der Waals surface area (Å²) in [6, 6.07) is 15.0. The molecule has 0 aliphatic carbocycles. The van der Waals surface area contributed by atoms with Crippen LogP contribution in [0.1, 0.15) is 48.4 Å². The van der Waals surface area contributed by atoms with Crippen LogP contribution in [-0.2, 0) is 4.79 Å². The van der Waals surface area contributed by atoms with E-state index < -0.39 is 16.5 Å². The molecule has 0 saturated carbocycles. The molecule has 2 aromatic rings. The minimum absolute atomic E-state index is 0. The summed E-state index contributed by atoms with van der Waals surface area (Å²) < 4.78 is 4.76. The highest BCUT2D eigenvalue weighted by atomic mass is 35.5. The number of rotatable bonds is 3. The molecule has 2 aromatic carbocycles. The number of benzene rings is 2. The van der Waals surface area contributed by atoms with Crippen molar-refractivity contribution in [3.05, 3.63) is 65.7 Å². The maximum absolute atomic E-state index is 10.8. The normalized spacial score (nSPS) is 9.48. The fourth-order valence-electron chi connectivity index (χ4n) is 1.44. The van der Waals surface area contributed by atoms with Crippen LogP contribution in [0.5, 0.6) is 5.75 Å². The first-order valence-electron chi connectivity index (χ1n) is 8.18. The van der Waals surface area contributed by atoms with Gasteiger partial charge in [-0.3, -0.25) is 25.7 Å². The van der Waals surface area contributed by atoms with Gasteiger partial charge in [0.15, 0.2) is 0 Å². The van der Waals surface area contributed by atoms with Crippen LogP contribution in [0.25, 0.3) is 0 Å². The molecule has 0 heterocycles.